The standard InChI is InChI=1S/C22H22BrFN4O5S/c1-2-32-22(31)18-16(10-28-8-13(9-28)33-11-17(29)30)26-20(21-25-5-6-34-21)27-19(18)14-4-3-12(24)7-15(14)23/h3-7,13,19H,2,8-11H2,1H3,(H,26,27)(H,29,30)/t19-/m0/s1. The van der Waals surface area contributed by atoms with Crippen LogP contribution in [0.2, 0.25) is 0 Å². The molecule has 0 spiro atoms. The highest BCUT2D eigenvalue weighted by Crippen LogP contribution is 2.37. The lowest BCUT2D eigenvalue weighted by Gasteiger charge is -2.40. The molecule has 0 unspecified atom stereocenters. The highest BCUT2D eigenvalue weighted by Gasteiger charge is 2.36. The summed E-state index contributed by atoms with van der Waals surface area (Å²) in [4.78, 5) is 35.0. The van der Waals surface area contributed by atoms with Crippen LogP contribution in [0.3, 0.4) is 0 Å². The fourth-order valence-corrected chi connectivity index (χ4v) is 4.89. The summed E-state index contributed by atoms with van der Waals surface area (Å²) in [7, 11) is 0. The first-order chi connectivity index (χ1) is 16.4. The summed E-state index contributed by atoms with van der Waals surface area (Å²) in [6, 6.07) is 3.50. The number of hydrogen-bond donors (Lipinski definition) is 2. The van der Waals surface area contributed by atoms with Crippen molar-refractivity contribution >= 4 is 45.0 Å². The van der Waals surface area contributed by atoms with E-state index in [0.29, 0.717) is 51.8 Å². The van der Waals surface area contributed by atoms with Crippen molar-refractivity contribution in [3.63, 3.8) is 0 Å². The van der Waals surface area contributed by atoms with Gasteiger partial charge in [-0.2, -0.15) is 0 Å². The Bertz CT molecular complexity index is 1130. The average molecular weight is 553 g/mol. The van der Waals surface area contributed by atoms with Gasteiger partial charge >= 0.3 is 11.9 Å². The summed E-state index contributed by atoms with van der Waals surface area (Å²) in [5.74, 6) is -1.45. The number of rotatable bonds is 9. The third kappa shape index (κ3) is 5.52. The van der Waals surface area contributed by atoms with E-state index in [0.717, 1.165) is 0 Å². The van der Waals surface area contributed by atoms with E-state index in [1.807, 2.05) is 10.3 Å². The zero-order chi connectivity index (χ0) is 24.2. The van der Waals surface area contributed by atoms with Gasteiger partial charge in [0.2, 0.25) is 0 Å². The molecule has 2 aliphatic rings. The molecule has 2 N–H and O–H groups in total. The van der Waals surface area contributed by atoms with Crippen molar-refractivity contribution in [3.8, 4) is 0 Å². The van der Waals surface area contributed by atoms with Gasteiger partial charge in [-0.1, -0.05) is 22.0 Å². The number of carboxylic acids is 1. The molecule has 0 saturated carbocycles. The topological polar surface area (TPSA) is 113 Å². The zero-order valence-corrected chi connectivity index (χ0v) is 20.6. The van der Waals surface area contributed by atoms with Gasteiger partial charge in [0.15, 0.2) is 10.8 Å². The van der Waals surface area contributed by atoms with Gasteiger partial charge in [0.05, 0.1) is 18.3 Å². The van der Waals surface area contributed by atoms with Crippen molar-refractivity contribution < 1.29 is 28.6 Å². The van der Waals surface area contributed by atoms with E-state index in [1.165, 1.54) is 23.5 Å². The largest absolute Gasteiger partial charge is 0.480 e. The number of benzene rings is 1. The van der Waals surface area contributed by atoms with Gasteiger partial charge in [-0.3, -0.25) is 9.89 Å². The maximum Gasteiger partial charge on any atom is 0.338 e. The third-order valence-corrected chi connectivity index (χ3v) is 6.73. The van der Waals surface area contributed by atoms with Crippen LogP contribution in [0.4, 0.5) is 4.39 Å². The molecule has 34 heavy (non-hydrogen) atoms. The number of ether oxygens (including phenoxy) is 2. The molecular weight excluding hydrogens is 531 g/mol. The van der Waals surface area contributed by atoms with Crippen LogP contribution in [0.5, 0.6) is 0 Å². The molecule has 180 valence electrons. The summed E-state index contributed by atoms with van der Waals surface area (Å²) in [6.07, 6.45) is 1.47. The predicted molar refractivity (Wildman–Crippen MR) is 126 cm³/mol. The quantitative estimate of drug-likeness (QED) is 0.456. The van der Waals surface area contributed by atoms with E-state index in [4.69, 9.17) is 19.6 Å². The van der Waals surface area contributed by atoms with E-state index in [1.54, 1.807) is 19.2 Å². The van der Waals surface area contributed by atoms with Crippen molar-refractivity contribution in [3.05, 3.63) is 61.9 Å². The second kappa shape index (κ2) is 10.7. The van der Waals surface area contributed by atoms with Crippen LogP contribution in [0.25, 0.3) is 0 Å². The molecule has 0 amide bonds. The molecule has 1 saturated heterocycles. The molecule has 2 aromatic rings. The molecule has 12 heteroatoms. The van der Waals surface area contributed by atoms with E-state index in [9.17, 15) is 14.0 Å². The first kappa shape index (κ1) is 24.5. The van der Waals surface area contributed by atoms with E-state index in [2.05, 4.69) is 26.2 Å². The first-order valence-electron chi connectivity index (χ1n) is 10.5. The van der Waals surface area contributed by atoms with Crippen LogP contribution in [-0.4, -0.2) is 71.7 Å². The second-order valence-corrected chi connectivity index (χ2v) is 9.39. The Morgan fingerprint density at radius 2 is 2.18 bits per heavy atom. The highest BCUT2D eigenvalue weighted by molar-refractivity contribution is 9.10. The normalized spacial score (nSPS) is 18.8. The number of amidine groups is 1. The Balaban J connectivity index is 1.68. The van der Waals surface area contributed by atoms with E-state index in [-0.39, 0.29) is 19.3 Å². The van der Waals surface area contributed by atoms with Crippen LogP contribution in [-0.2, 0) is 19.1 Å². The number of carbonyl (C=O) groups is 2. The van der Waals surface area contributed by atoms with Crippen LogP contribution in [0.15, 0.2) is 50.5 Å². The predicted octanol–water partition coefficient (Wildman–Crippen LogP) is 2.74. The molecule has 1 aromatic heterocycles. The minimum Gasteiger partial charge on any atom is -0.480 e. The number of thiazole rings is 1. The van der Waals surface area contributed by atoms with Gasteiger partial charge in [-0.25, -0.2) is 19.0 Å². The monoisotopic (exact) mass is 552 g/mol. The number of nitrogens with one attached hydrogen (secondary N) is 1. The van der Waals surface area contributed by atoms with Crippen molar-refractivity contribution in [2.45, 2.75) is 19.1 Å². The second-order valence-electron chi connectivity index (χ2n) is 7.64. The summed E-state index contributed by atoms with van der Waals surface area (Å²) < 4.78 is 25.0. The molecule has 1 fully saturated rings. The smallest absolute Gasteiger partial charge is 0.338 e. The third-order valence-electron chi connectivity index (χ3n) is 5.26. The Morgan fingerprint density at radius 1 is 1.38 bits per heavy atom. The SMILES string of the molecule is CCOC(=O)C1=C(CN2CC(OCC(=O)O)C2)NC(c2nccs2)=N[C@H]1c1ccc(F)cc1Br. The molecule has 3 heterocycles. The van der Waals surface area contributed by atoms with Gasteiger partial charge in [0.1, 0.15) is 18.5 Å². The molecule has 1 atom stereocenters. The minimum absolute atomic E-state index is 0.185. The van der Waals surface area contributed by atoms with E-state index >= 15 is 0 Å². The summed E-state index contributed by atoms with van der Waals surface area (Å²) in [5.41, 5.74) is 1.53. The van der Waals surface area contributed by atoms with Crippen LogP contribution in [0, 0.1) is 5.82 Å². The number of carboxylic acid groups (broad SMARTS) is 1. The lowest BCUT2D eigenvalue weighted by atomic mass is 9.95. The number of likely N-dealkylation sites (tertiary alicyclic amines) is 1. The maximum absolute atomic E-state index is 13.8. The van der Waals surface area contributed by atoms with Crippen LogP contribution < -0.4 is 5.32 Å². The van der Waals surface area contributed by atoms with Gasteiger partial charge in [-0.05, 0) is 24.6 Å². The number of aromatic nitrogens is 1. The molecule has 1 aromatic carbocycles. The van der Waals surface area contributed by atoms with Crippen LogP contribution >= 0.6 is 27.3 Å². The Labute approximate surface area is 207 Å². The van der Waals surface area contributed by atoms with E-state index < -0.39 is 23.8 Å². The number of carbonyl (C=O) groups excluding carboxylic acids is 1. The highest BCUT2D eigenvalue weighted by atomic mass is 79.9. The average Bonchev–Trinajstić information content (AvgIpc) is 3.29. The summed E-state index contributed by atoms with van der Waals surface area (Å²) >= 11 is 4.81. The lowest BCUT2D eigenvalue weighted by molar-refractivity contribution is -0.148. The van der Waals surface area contributed by atoms with Crippen molar-refractivity contribution in [1.82, 2.24) is 15.2 Å². The molecule has 0 radical (unpaired) electrons. The summed E-state index contributed by atoms with van der Waals surface area (Å²) in [5, 5.41) is 14.5. The number of halogens is 2. The molecule has 0 bridgehead atoms. The van der Waals surface area contributed by atoms with Crippen LogP contribution in [0.1, 0.15) is 23.5 Å². The first-order valence-corrected chi connectivity index (χ1v) is 12.2. The Kier molecular flexibility index (Phi) is 7.71. The van der Waals surface area contributed by atoms with Gasteiger partial charge in [0.25, 0.3) is 0 Å². The number of esters is 1. The van der Waals surface area contributed by atoms with Gasteiger partial charge < -0.3 is 19.9 Å². The van der Waals surface area contributed by atoms with Crippen molar-refractivity contribution in [2.24, 2.45) is 4.99 Å². The molecule has 9 nitrogen and oxygen atoms in total. The zero-order valence-electron chi connectivity index (χ0n) is 18.2. The molecular formula is C22H22BrFN4O5S. The number of aliphatic imine (C=N–C) groups is 1. The molecule has 0 aliphatic carbocycles. The Hall–Kier alpha value is -2.67. The molecule has 4 rings (SSSR count). The number of aliphatic carboxylic acids is 1. The van der Waals surface area contributed by atoms with Crippen molar-refractivity contribution in [2.75, 3.05) is 32.8 Å². The van der Waals surface area contributed by atoms with Crippen molar-refractivity contribution in [1.29, 1.82) is 0 Å². The maximum atomic E-state index is 13.8. The van der Waals surface area contributed by atoms with Gasteiger partial charge in [-0.15, -0.1) is 11.3 Å². The fourth-order valence-electron chi connectivity index (χ4n) is 3.74. The Morgan fingerprint density at radius 3 is 2.82 bits per heavy atom. The minimum atomic E-state index is -1.02. The lowest BCUT2D eigenvalue weighted by Crippen LogP contribution is -2.54. The number of hydrogen-bond acceptors (Lipinski definition) is 9. The number of nitrogens with zero attached hydrogens (tertiary/aromatic N) is 3. The fraction of sp³-hybridized carbons (Fsp3) is 0.364. The summed E-state index contributed by atoms with van der Waals surface area (Å²) in [6.45, 7) is 2.95. The van der Waals surface area contributed by atoms with Gasteiger partial charge in [0, 0.05) is 41.4 Å². The molecule has 2 aliphatic heterocycles.